The average Bonchev–Trinajstić information content (AvgIpc) is 2.90. The summed E-state index contributed by atoms with van der Waals surface area (Å²) >= 11 is 8.96. The smallest absolute Gasteiger partial charge is 0.242 e. The molecule has 0 spiro atoms. The number of para-hydroxylation sites is 1. The molecule has 5 rings (SSSR count). The normalized spacial score (nSPS) is 11.7. The lowest BCUT2D eigenvalue weighted by atomic mass is 9.97. The van der Waals surface area contributed by atoms with Crippen LogP contribution in [0, 0.1) is 22.7 Å². The number of benzene rings is 3. The molecule has 0 aliphatic carbocycles. The SMILES string of the molecule is N#Cc1c(N)nc(SCC(=O)N2c3ccccc3Sc3ccc(Cl)cc32)c(C#N)c1-c1ccccc1. The maximum Gasteiger partial charge on any atom is 0.242 e. The van der Waals surface area contributed by atoms with E-state index in [0.717, 1.165) is 27.2 Å². The lowest BCUT2D eigenvalue weighted by molar-refractivity contribution is -0.115. The molecule has 0 atom stereocenters. The first-order chi connectivity index (χ1) is 17.5. The predicted octanol–water partition coefficient (Wildman–Crippen LogP) is 6.65. The molecule has 0 unspecified atom stereocenters. The molecule has 36 heavy (non-hydrogen) atoms. The summed E-state index contributed by atoms with van der Waals surface area (Å²) in [5.74, 6) is -0.194. The van der Waals surface area contributed by atoms with Gasteiger partial charge in [0, 0.05) is 20.4 Å². The van der Waals surface area contributed by atoms with Crippen molar-refractivity contribution in [2.24, 2.45) is 0 Å². The minimum atomic E-state index is -0.203. The van der Waals surface area contributed by atoms with Crippen molar-refractivity contribution < 1.29 is 4.79 Å². The van der Waals surface area contributed by atoms with Gasteiger partial charge in [0.25, 0.3) is 0 Å². The summed E-state index contributed by atoms with van der Waals surface area (Å²) in [7, 11) is 0. The molecule has 1 aliphatic rings. The predicted molar refractivity (Wildman–Crippen MR) is 143 cm³/mol. The molecule has 3 aromatic carbocycles. The summed E-state index contributed by atoms with van der Waals surface area (Å²) in [4.78, 5) is 21.5. The number of anilines is 3. The van der Waals surface area contributed by atoms with E-state index in [1.165, 1.54) is 0 Å². The van der Waals surface area contributed by atoms with Crippen LogP contribution in [0.1, 0.15) is 11.1 Å². The fourth-order valence-electron chi connectivity index (χ4n) is 3.99. The maximum atomic E-state index is 13.6. The number of rotatable bonds is 4. The minimum Gasteiger partial charge on any atom is -0.383 e. The zero-order valence-electron chi connectivity index (χ0n) is 18.6. The molecular weight excluding hydrogens is 510 g/mol. The zero-order valence-corrected chi connectivity index (χ0v) is 21.0. The standard InChI is InChI=1S/C27H16ClN5OS2/c28-17-10-11-23-21(12-17)33(20-8-4-5-9-22(20)36-23)24(34)15-35-27-19(14-30)25(16-6-2-1-3-7-16)18(13-29)26(31)32-27/h1-12H,15H2,(H2,31,32). The summed E-state index contributed by atoms with van der Waals surface area (Å²) in [6.45, 7) is 0. The zero-order chi connectivity index (χ0) is 25.2. The van der Waals surface area contributed by atoms with Crippen LogP contribution in [-0.2, 0) is 4.79 Å². The molecule has 0 fully saturated rings. The van der Waals surface area contributed by atoms with Crippen LogP contribution in [0.5, 0.6) is 0 Å². The van der Waals surface area contributed by atoms with Crippen molar-refractivity contribution in [3.8, 4) is 23.3 Å². The fourth-order valence-corrected chi connectivity index (χ4v) is 6.04. The van der Waals surface area contributed by atoms with Gasteiger partial charge in [-0.25, -0.2) is 4.98 Å². The van der Waals surface area contributed by atoms with Gasteiger partial charge in [-0.15, -0.1) is 0 Å². The van der Waals surface area contributed by atoms with E-state index in [0.29, 0.717) is 26.9 Å². The molecule has 0 radical (unpaired) electrons. The highest BCUT2D eigenvalue weighted by atomic mass is 35.5. The lowest BCUT2D eigenvalue weighted by Crippen LogP contribution is -2.30. The van der Waals surface area contributed by atoms with Gasteiger partial charge >= 0.3 is 0 Å². The van der Waals surface area contributed by atoms with Gasteiger partial charge in [-0.1, -0.05) is 77.6 Å². The first-order valence-electron chi connectivity index (χ1n) is 10.7. The number of hydrogen-bond donors (Lipinski definition) is 1. The number of halogens is 1. The van der Waals surface area contributed by atoms with Gasteiger partial charge in [-0.05, 0) is 35.9 Å². The van der Waals surface area contributed by atoms with Gasteiger partial charge in [0.05, 0.1) is 22.7 Å². The molecule has 0 saturated carbocycles. The number of carbonyl (C=O) groups excluding carboxylic acids is 1. The summed E-state index contributed by atoms with van der Waals surface area (Å²) in [5, 5.41) is 20.5. The van der Waals surface area contributed by atoms with Crippen LogP contribution in [0.2, 0.25) is 5.02 Å². The van der Waals surface area contributed by atoms with E-state index >= 15 is 0 Å². The molecular formula is C27H16ClN5OS2. The Labute approximate surface area is 221 Å². The fraction of sp³-hybridized carbons (Fsp3) is 0.0370. The highest BCUT2D eigenvalue weighted by Gasteiger charge is 2.29. The third-order valence-electron chi connectivity index (χ3n) is 5.55. The van der Waals surface area contributed by atoms with Gasteiger partial charge in [0.2, 0.25) is 5.91 Å². The van der Waals surface area contributed by atoms with Crippen molar-refractivity contribution in [3.05, 3.63) is 88.9 Å². The molecule has 174 valence electrons. The van der Waals surface area contributed by atoms with E-state index in [2.05, 4.69) is 17.1 Å². The van der Waals surface area contributed by atoms with Gasteiger partial charge in [0.1, 0.15) is 28.5 Å². The lowest BCUT2D eigenvalue weighted by Gasteiger charge is -2.31. The molecule has 0 bridgehead atoms. The molecule has 0 saturated heterocycles. The number of aromatic nitrogens is 1. The number of pyridine rings is 1. The van der Waals surface area contributed by atoms with Crippen LogP contribution in [-0.4, -0.2) is 16.6 Å². The molecule has 4 aromatic rings. The summed E-state index contributed by atoms with van der Waals surface area (Å²) in [6.07, 6.45) is 0. The van der Waals surface area contributed by atoms with Gasteiger partial charge < -0.3 is 5.73 Å². The average molecular weight is 526 g/mol. The Morgan fingerprint density at radius 3 is 2.42 bits per heavy atom. The van der Waals surface area contributed by atoms with Crippen LogP contribution in [0.25, 0.3) is 11.1 Å². The van der Waals surface area contributed by atoms with Crippen molar-refractivity contribution in [2.75, 3.05) is 16.4 Å². The number of amides is 1. The third-order valence-corrected chi connectivity index (χ3v) is 7.87. The van der Waals surface area contributed by atoms with Crippen molar-refractivity contribution in [2.45, 2.75) is 14.8 Å². The molecule has 2 N–H and O–H groups in total. The molecule has 1 aromatic heterocycles. The number of hydrogen-bond acceptors (Lipinski definition) is 7. The van der Waals surface area contributed by atoms with Gasteiger partial charge in [0.15, 0.2) is 0 Å². The van der Waals surface area contributed by atoms with Crippen molar-refractivity contribution in [3.63, 3.8) is 0 Å². The Bertz CT molecular complexity index is 1590. The second-order valence-corrected chi connectivity index (χ2v) is 10.2. The van der Waals surface area contributed by atoms with Crippen LogP contribution in [0.3, 0.4) is 0 Å². The highest BCUT2D eigenvalue weighted by molar-refractivity contribution is 8.00. The molecule has 9 heteroatoms. The van der Waals surface area contributed by atoms with E-state index < -0.39 is 0 Å². The van der Waals surface area contributed by atoms with E-state index in [1.54, 1.807) is 40.9 Å². The molecule has 1 amide bonds. The van der Waals surface area contributed by atoms with Crippen molar-refractivity contribution in [1.82, 2.24) is 4.98 Å². The Morgan fingerprint density at radius 1 is 0.972 bits per heavy atom. The number of fused-ring (bicyclic) bond motifs is 2. The second kappa shape index (κ2) is 9.96. The van der Waals surface area contributed by atoms with Crippen molar-refractivity contribution in [1.29, 1.82) is 10.5 Å². The summed E-state index contributed by atoms with van der Waals surface area (Å²) < 4.78 is 0. The molecule has 1 aliphatic heterocycles. The monoisotopic (exact) mass is 525 g/mol. The van der Waals surface area contributed by atoms with Crippen LogP contribution in [0.4, 0.5) is 17.2 Å². The molecule has 2 heterocycles. The number of nitrogen functional groups attached to an aromatic ring is 1. The number of nitrogens with zero attached hydrogens (tertiary/aromatic N) is 4. The summed E-state index contributed by atoms with van der Waals surface area (Å²) in [6, 6.07) is 26.5. The van der Waals surface area contributed by atoms with E-state index in [1.807, 2.05) is 48.5 Å². The summed E-state index contributed by atoms with van der Waals surface area (Å²) in [5.41, 5.74) is 9.03. The van der Waals surface area contributed by atoms with Crippen LogP contribution in [0.15, 0.2) is 87.6 Å². The Hall–Kier alpha value is -3.95. The topological polar surface area (TPSA) is 107 Å². The van der Waals surface area contributed by atoms with Crippen LogP contribution >= 0.6 is 35.1 Å². The first-order valence-corrected chi connectivity index (χ1v) is 12.9. The maximum absolute atomic E-state index is 13.6. The minimum absolute atomic E-state index is 0.00773. The van der Waals surface area contributed by atoms with E-state index in [-0.39, 0.29) is 28.6 Å². The Balaban J connectivity index is 1.53. The van der Waals surface area contributed by atoms with E-state index in [9.17, 15) is 15.3 Å². The largest absolute Gasteiger partial charge is 0.383 e. The van der Waals surface area contributed by atoms with Crippen LogP contribution < -0.4 is 10.6 Å². The third kappa shape index (κ3) is 4.27. The van der Waals surface area contributed by atoms with Crippen molar-refractivity contribution >= 4 is 58.2 Å². The Morgan fingerprint density at radius 2 is 1.67 bits per heavy atom. The highest BCUT2D eigenvalue weighted by Crippen LogP contribution is 2.49. The number of nitriles is 2. The number of carbonyl (C=O) groups is 1. The first kappa shape index (κ1) is 23.8. The number of nitrogens with two attached hydrogens (primary N) is 1. The van der Waals surface area contributed by atoms with E-state index in [4.69, 9.17) is 17.3 Å². The van der Waals surface area contributed by atoms with Gasteiger partial charge in [-0.3, -0.25) is 9.69 Å². The number of thioether (sulfide) groups is 1. The quantitative estimate of drug-likeness (QED) is 0.297. The second-order valence-electron chi connectivity index (χ2n) is 7.72. The Kier molecular flexibility index (Phi) is 6.58. The molecule has 6 nitrogen and oxygen atoms in total. The van der Waals surface area contributed by atoms with Gasteiger partial charge in [-0.2, -0.15) is 10.5 Å².